The molecule has 1 aromatic rings. The van der Waals surface area contributed by atoms with Gasteiger partial charge >= 0.3 is 0 Å². The molecule has 0 spiro atoms. The molecule has 8 heteroatoms. The van der Waals surface area contributed by atoms with Crippen LogP contribution < -0.4 is 16.6 Å². The molecule has 0 aliphatic carbocycles. The van der Waals surface area contributed by atoms with Crippen molar-refractivity contribution >= 4 is 33.1 Å². The summed E-state index contributed by atoms with van der Waals surface area (Å²) >= 11 is 4.55. The summed E-state index contributed by atoms with van der Waals surface area (Å²) in [5.41, 5.74) is 10.8. The predicted molar refractivity (Wildman–Crippen MR) is 59.8 cm³/mol. The summed E-state index contributed by atoms with van der Waals surface area (Å²) in [4.78, 5) is -0.177. The fraction of sp³-hybridized carbons (Fsp3) is 0. The third-order valence-electron chi connectivity index (χ3n) is 1.48. The van der Waals surface area contributed by atoms with E-state index in [1.54, 1.807) is 0 Å². The van der Waals surface area contributed by atoms with Crippen molar-refractivity contribution in [1.29, 1.82) is 0 Å². The molecule has 0 amide bonds. The van der Waals surface area contributed by atoms with Crippen LogP contribution in [-0.2, 0) is 10.1 Å². The van der Waals surface area contributed by atoms with Crippen LogP contribution in [0.2, 0.25) is 0 Å². The van der Waals surface area contributed by atoms with Gasteiger partial charge in [-0.25, -0.2) is 0 Å². The molecule has 0 fully saturated rings. The lowest BCUT2D eigenvalue weighted by atomic mass is 10.3. The normalized spacial score (nSPS) is 10.7. The monoisotopic (exact) mass is 247 g/mol. The van der Waals surface area contributed by atoms with Crippen LogP contribution in [0, 0.1) is 0 Å². The molecule has 1 aromatic carbocycles. The molecular weight excluding hydrogens is 238 g/mol. The molecule has 6 nitrogen and oxygen atoms in total. The first kappa shape index (κ1) is 11.7. The minimum absolute atomic E-state index is 0.0638. The third-order valence-corrected chi connectivity index (χ3v) is 2.45. The second-order valence-corrected chi connectivity index (χ2v) is 4.48. The minimum atomic E-state index is -4.15. The molecule has 0 unspecified atom stereocenters. The van der Waals surface area contributed by atoms with Gasteiger partial charge in [-0.2, -0.15) is 8.42 Å². The van der Waals surface area contributed by atoms with E-state index in [2.05, 4.69) is 23.1 Å². The molecule has 5 N–H and O–H groups in total. The SMILES string of the molecule is NC(=S)NNc1ccc(S(=O)(=O)O)cc1. The van der Waals surface area contributed by atoms with E-state index in [9.17, 15) is 8.42 Å². The summed E-state index contributed by atoms with van der Waals surface area (Å²) in [5.74, 6) is 0. The number of hydrogen-bond donors (Lipinski definition) is 4. The number of hydrazine groups is 1. The number of hydrogen-bond acceptors (Lipinski definition) is 4. The van der Waals surface area contributed by atoms with Crippen LogP contribution >= 0.6 is 12.2 Å². The highest BCUT2D eigenvalue weighted by Gasteiger charge is 2.07. The fourth-order valence-electron chi connectivity index (χ4n) is 0.844. The van der Waals surface area contributed by atoms with E-state index in [4.69, 9.17) is 10.3 Å². The van der Waals surface area contributed by atoms with Crippen molar-refractivity contribution in [2.45, 2.75) is 4.90 Å². The number of anilines is 1. The third kappa shape index (κ3) is 3.70. The Balaban J connectivity index is 2.77. The standard InChI is InChI=1S/C7H9N3O3S2/c8-7(14)10-9-5-1-3-6(4-2-5)15(11,12)13/h1-4,9H,(H3,8,10,14)(H,11,12,13). The summed E-state index contributed by atoms with van der Waals surface area (Å²) < 4.78 is 30.1. The maximum Gasteiger partial charge on any atom is 0.294 e. The number of thiocarbonyl (C=S) groups is 1. The highest BCUT2D eigenvalue weighted by atomic mass is 32.2. The molecule has 0 saturated heterocycles. The Morgan fingerprint density at radius 2 is 1.87 bits per heavy atom. The van der Waals surface area contributed by atoms with Gasteiger partial charge in [-0.3, -0.25) is 15.4 Å². The second-order valence-electron chi connectivity index (χ2n) is 2.61. The summed E-state index contributed by atoms with van der Waals surface area (Å²) in [6.45, 7) is 0. The topological polar surface area (TPSA) is 104 Å². The van der Waals surface area contributed by atoms with Crippen LogP contribution in [0.4, 0.5) is 5.69 Å². The van der Waals surface area contributed by atoms with Crippen LogP contribution in [0.5, 0.6) is 0 Å². The predicted octanol–water partition coefficient (Wildman–Crippen LogP) is 0.0934. The average molecular weight is 247 g/mol. The van der Waals surface area contributed by atoms with Crippen LogP contribution in [0.1, 0.15) is 0 Å². The second kappa shape index (κ2) is 4.43. The zero-order valence-corrected chi connectivity index (χ0v) is 9.10. The Labute approximate surface area is 92.2 Å². The van der Waals surface area contributed by atoms with Crippen molar-refractivity contribution in [3.8, 4) is 0 Å². The number of nitrogens with one attached hydrogen (secondary N) is 2. The first-order valence-corrected chi connectivity index (χ1v) is 5.63. The maximum absolute atomic E-state index is 10.7. The fourth-order valence-corrected chi connectivity index (χ4v) is 1.38. The van der Waals surface area contributed by atoms with Gasteiger partial charge in [-0.05, 0) is 36.5 Å². The Morgan fingerprint density at radius 3 is 2.27 bits per heavy atom. The molecule has 1 rings (SSSR count). The van der Waals surface area contributed by atoms with E-state index < -0.39 is 10.1 Å². The zero-order chi connectivity index (χ0) is 11.5. The van der Waals surface area contributed by atoms with Crippen LogP contribution in [0.15, 0.2) is 29.2 Å². The molecule has 0 bridgehead atoms. The largest absolute Gasteiger partial charge is 0.375 e. The molecule has 0 atom stereocenters. The highest BCUT2D eigenvalue weighted by molar-refractivity contribution is 7.85. The van der Waals surface area contributed by atoms with E-state index in [0.717, 1.165) is 0 Å². The van der Waals surface area contributed by atoms with Gasteiger partial charge in [0.05, 0.1) is 10.6 Å². The Morgan fingerprint density at radius 1 is 1.33 bits per heavy atom. The van der Waals surface area contributed by atoms with E-state index in [0.29, 0.717) is 5.69 Å². The number of nitrogens with two attached hydrogens (primary N) is 1. The molecule has 0 saturated carbocycles. The summed E-state index contributed by atoms with van der Waals surface area (Å²) in [7, 11) is -4.15. The Bertz CT molecular complexity index is 455. The molecule has 0 aromatic heterocycles. The van der Waals surface area contributed by atoms with Crippen molar-refractivity contribution in [2.24, 2.45) is 5.73 Å². The molecule has 0 aliphatic rings. The first-order chi connectivity index (χ1) is 6.89. The van der Waals surface area contributed by atoms with Crippen LogP contribution in [-0.4, -0.2) is 18.1 Å². The highest BCUT2D eigenvalue weighted by Crippen LogP contribution is 2.12. The van der Waals surface area contributed by atoms with E-state index in [-0.39, 0.29) is 10.0 Å². The van der Waals surface area contributed by atoms with Gasteiger partial charge in [0.25, 0.3) is 10.1 Å². The molecule has 0 aliphatic heterocycles. The van der Waals surface area contributed by atoms with Gasteiger partial charge in [0.2, 0.25) is 0 Å². The average Bonchev–Trinajstić information content (AvgIpc) is 2.14. The van der Waals surface area contributed by atoms with E-state index >= 15 is 0 Å². The summed E-state index contributed by atoms with van der Waals surface area (Å²) in [5, 5.41) is 0.0638. The number of benzene rings is 1. The summed E-state index contributed by atoms with van der Waals surface area (Å²) in [6.07, 6.45) is 0. The molecule has 0 radical (unpaired) electrons. The van der Waals surface area contributed by atoms with Crippen molar-refractivity contribution in [2.75, 3.05) is 5.43 Å². The van der Waals surface area contributed by atoms with Gasteiger partial charge < -0.3 is 5.73 Å². The summed E-state index contributed by atoms with van der Waals surface area (Å²) in [6, 6.07) is 5.40. The van der Waals surface area contributed by atoms with Crippen molar-refractivity contribution < 1.29 is 13.0 Å². The number of rotatable bonds is 3. The van der Waals surface area contributed by atoms with E-state index in [1.165, 1.54) is 24.3 Å². The Kier molecular flexibility index (Phi) is 3.45. The van der Waals surface area contributed by atoms with Gasteiger partial charge in [0.15, 0.2) is 5.11 Å². The smallest absolute Gasteiger partial charge is 0.294 e. The molecule has 0 heterocycles. The van der Waals surface area contributed by atoms with Crippen molar-refractivity contribution in [3.05, 3.63) is 24.3 Å². The molecular formula is C7H9N3O3S2. The lowest BCUT2D eigenvalue weighted by Gasteiger charge is -2.07. The van der Waals surface area contributed by atoms with Crippen LogP contribution in [0.3, 0.4) is 0 Å². The first-order valence-electron chi connectivity index (χ1n) is 3.78. The molecule has 82 valence electrons. The quantitative estimate of drug-likeness (QED) is 0.341. The van der Waals surface area contributed by atoms with Gasteiger partial charge in [-0.15, -0.1) is 0 Å². The van der Waals surface area contributed by atoms with Crippen molar-refractivity contribution in [1.82, 2.24) is 5.43 Å². The Hall–Kier alpha value is -1.38. The van der Waals surface area contributed by atoms with Crippen LogP contribution in [0.25, 0.3) is 0 Å². The lowest BCUT2D eigenvalue weighted by Crippen LogP contribution is -2.33. The van der Waals surface area contributed by atoms with Gasteiger partial charge in [0.1, 0.15) is 0 Å². The lowest BCUT2D eigenvalue weighted by molar-refractivity contribution is 0.483. The molecule has 15 heavy (non-hydrogen) atoms. The zero-order valence-electron chi connectivity index (χ0n) is 7.47. The van der Waals surface area contributed by atoms with E-state index in [1.807, 2.05) is 0 Å². The maximum atomic E-state index is 10.7. The van der Waals surface area contributed by atoms with Crippen molar-refractivity contribution in [3.63, 3.8) is 0 Å². The minimum Gasteiger partial charge on any atom is -0.375 e. The van der Waals surface area contributed by atoms with Gasteiger partial charge in [-0.1, -0.05) is 0 Å². The van der Waals surface area contributed by atoms with Gasteiger partial charge in [0, 0.05) is 0 Å².